The van der Waals surface area contributed by atoms with Crippen molar-refractivity contribution in [3.8, 4) is 0 Å². The van der Waals surface area contributed by atoms with E-state index >= 15 is 0 Å². The minimum Gasteiger partial charge on any atom is -0.481 e. The Kier molecular flexibility index (Phi) is 3.59. The molecule has 0 spiro atoms. The molecular weight excluding hydrogens is 187 g/mol. The third-order valence-corrected chi connectivity index (χ3v) is 1.77. The van der Waals surface area contributed by atoms with E-state index in [-0.39, 0.29) is 12.0 Å². The molecule has 0 amide bonds. The summed E-state index contributed by atoms with van der Waals surface area (Å²) < 4.78 is 18.0. The Hall–Kier alpha value is -1.42. The van der Waals surface area contributed by atoms with Crippen molar-refractivity contribution in [3.63, 3.8) is 0 Å². The number of carboxylic acid groups (broad SMARTS) is 1. The van der Waals surface area contributed by atoms with Crippen molar-refractivity contribution in [3.05, 3.63) is 35.1 Å². The highest BCUT2D eigenvalue weighted by molar-refractivity contribution is 5.70. The molecule has 0 aliphatic rings. The lowest BCUT2D eigenvalue weighted by Gasteiger charge is -2.03. The zero-order valence-corrected chi connectivity index (χ0v) is 7.79. The molecule has 0 unspecified atom stereocenters. The Bertz CT molecular complexity index is 336. The second-order valence-corrected chi connectivity index (χ2v) is 2.93. The first-order chi connectivity index (χ1) is 6.63. The number of rotatable bonds is 4. The number of ether oxygens (including phenoxy) is 1. The second-order valence-electron chi connectivity index (χ2n) is 2.93. The summed E-state index contributed by atoms with van der Waals surface area (Å²) in [5, 5.41) is 8.47. The van der Waals surface area contributed by atoms with Gasteiger partial charge in [-0.15, -0.1) is 0 Å². The fraction of sp³-hybridized carbons (Fsp3) is 0.300. The SMILES string of the molecule is COCc1ccc(CC(=O)O)c(F)c1. The molecule has 0 heterocycles. The number of halogens is 1. The number of carbonyl (C=O) groups is 1. The molecule has 0 radical (unpaired) electrons. The van der Waals surface area contributed by atoms with E-state index in [9.17, 15) is 9.18 Å². The van der Waals surface area contributed by atoms with Crippen LogP contribution in [0.15, 0.2) is 18.2 Å². The van der Waals surface area contributed by atoms with E-state index < -0.39 is 11.8 Å². The highest BCUT2D eigenvalue weighted by Crippen LogP contribution is 2.11. The molecule has 0 saturated heterocycles. The van der Waals surface area contributed by atoms with Crippen LogP contribution >= 0.6 is 0 Å². The Balaban J connectivity index is 2.84. The largest absolute Gasteiger partial charge is 0.481 e. The van der Waals surface area contributed by atoms with E-state index in [2.05, 4.69) is 0 Å². The number of hydrogen-bond donors (Lipinski definition) is 1. The van der Waals surface area contributed by atoms with Gasteiger partial charge in [-0.1, -0.05) is 12.1 Å². The van der Waals surface area contributed by atoms with Crippen LogP contribution in [0.4, 0.5) is 4.39 Å². The summed E-state index contributed by atoms with van der Waals surface area (Å²) >= 11 is 0. The van der Waals surface area contributed by atoms with Gasteiger partial charge < -0.3 is 9.84 Å². The van der Waals surface area contributed by atoms with Crippen molar-refractivity contribution in [1.82, 2.24) is 0 Å². The van der Waals surface area contributed by atoms with Crippen LogP contribution in [0.25, 0.3) is 0 Å². The van der Waals surface area contributed by atoms with Gasteiger partial charge in [-0.3, -0.25) is 4.79 Å². The van der Waals surface area contributed by atoms with E-state index in [1.807, 2.05) is 0 Å². The lowest BCUT2D eigenvalue weighted by Crippen LogP contribution is -2.03. The van der Waals surface area contributed by atoms with Gasteiger partial charge in [-0.05, 0) is 17.2 Å². The highest BCUT2D eigenvalue weighted by Gasteiger charge is 2.07. The lowest BCUT2D eigenvalue weighted by molar-refractivity contribution is -0.136. The fourth-order valence-corrected chi connectivity index (χ4v) is 1.15. The predicted molar refractivity (Wildman–Crippen MR) is 48.5 cm³/mol. The molecule has 14 heavy (non-hydrogen) atoms. The first-order valence-electron chi connectivity index (χ1n) is 4.11. The third-order valence-electron chi connectivity index (χ3n) is 1.77. The van der Waals surface area contributed by atoms with Crippen molar-refractivity contribution in [2.45, 2.75) is 13.0 Å². The fourth-order valence-electron chi connectivity index (χ4n) is 1.15. The van der Waals surface area contributed by atoms with Crippen molar-refractivity contribution in [1.29, 1.82) is 0 Å². The summed E-state index contributed by atoms with van der Waals surface area (Å²) in [4.78, 5) is 10.3. The van der Waals surface area contributed by atoms with Gasteiger partial charge in [-0.25, -0.2) is 4.39 Å². The summed E-state index contributed by atoms with van der Waals surface area (Å²) in [7, 11) is 1.52. The molecule has 76 valence electrons. The first kappa shape index (κ1) is 10.7. The van der Waals surface area contributed by atoms with Gasteiger partial charge in [0.15, 0.2) is 0 Å². The van der Waals surface area contributed by atoms with Crippen LogP contribution in [-0.4, -0.2) is 18.2 Å². The van der Waals surface area contributed by atoms with Crippen LogP contribution in [-0.2, 0) is 22.6 Å². The average Bonchev–Trinajstić information content (AvgIpc) is 2.10. The van der Waals surface area contributed by atoms with Crippen molar-refractivity contribution < 1.29 is 19.0 Å². The van der Waals surface area contributed by atoms with Crippen molar-refractivity contribution in [2.75, 3.05) is 7.11 Å². The van der Waals surface area contributed by atoms with Gasteiger partial charge in [0.05, 0.1) is 13.0 Å². The minimum absolute atomic E-state index is 0.192. The summed E-state index contributed by atoms with van der Waals surface area (Å²) in [6, 6.07) is 4.42. The van der Waals surface area contributed by atoms with Gasteiger partial charge >= 0.3 is 5.97 Å². The topological polar surface area (TPSA) is 46.5 Å². The summed E-state index contributed by atoms with van der Waals surface area (Å²) in [6.07, 6.45) is -0.293. The number of methoxy groups -OCH3 is 1. The number of carboxylic acids is 1. The molecule has 1 rings (SSSR count). The maximum atomic E-state index is 13.2. The van der Waals surface area contributed by atoms with Crippen molar-refractivity contribution >= 4 is 5.97 Å². The first-order valence-corrected chi connectivity index (χ1v) is 4.11. The van der Waals surface area contributed by atoms with Crippen LogP contribution in [0.1, 0.15) is 11.1 Å². The molecule has 0 fully saturated rings. The van der Waals surface area contributed by atoms with Crippen LogP contribution < -0.4 is 0 Å². The molecular formula is C10H11FO3. The van der Waals surface area contributed by atoms with Gasteiger partial charge in [-0.2, -0.15) is 0 Å². The zero-order chi connectivity index (χ0) is 10.6. The summed E-state index contributed by atoms with van der Waals surface area (Å²) in [6.45, 7) is 0.324. The molecule has 0 aliphatic carbocycles. The molecule has 0 saturated carbocycles. The van der Waals surface area contributed by atoms with Gasteiger partial charge in [0, 0.05) is 7.11 Å². The molecule has 4 heteroatoms. The van der Waals surface area contributed by atoms with Crippen LogP contribution in [0.5, 0.6) is 0 Å². The Labute approximate surface area is 81.1 Å². The maximum absolute atomic E-state index is 13.2. The maximum Gasteiger partial charge on any atom is 0.307 e. The molecule has 0 aromatic heterocycles. The monoisotopic (exact) mass is 198 g/mol. The average molecular weight is 198 g/mol. The van der Waals surface area contributed by atoms with E-state index in [0.29, 0.717) is 12.2 Å². The van der Waals surface area contributed by atoms with Crippen LogP contribution in [0, 0.1) is 5.82 Å². The quantitative estimate of drug-likeness (QED) is 0.799. The van der Waals surface area contributed by atoms with E-state index in [1.54, 1.807) is 6.07 Å². The molecule has 0 atom stereocenters. The van der Waals surface area contributed by atoms with Gasteiger partial charge in [0.25, 0.3) is 0 Å². The molecule has 0 aliphatic heterocycles. The van der Waals surface area contributed by atoms with Crippen LogP contribution in [0.2, 0.25) is 0 Å². The Morgan fingerprint density at radius 1 is 1.57 bits per heavy atom. The molecule has 1 aromatic carbocycles. The third kappa shape index (κ3) is 2.81. The molecule has 1 N–H and O–H groups in total. The number of hydrogen-bond acceptors (Lipinski definition) is 2. The second kappa shape index (κ2) is 4.72. The normalized spacial score (nSPS) is 10.1. The number of aliphatic carboxylic acids is 1. The van der Waals surface area contributed by atoms with Gasteiger partial charge in [0.2, 0.25) is 0 Å². The standard InChI is InChI=1S/C10H11FO3/c1-14-6-7-2-3-8(5-10(12)13)9(11)4-7/h2-4H,5-6H2,1H3,(H,12,13). The predicted octanol–water partition coefficient (Wildman–Crippen LogP) is 1.60. The van der Waals surface area contributed by atoms with Crippen LogP contribution in [0.3, 0.4) is 0 Å². The lowest BCUT2D eigenvalue weighted by atomic mass is 10.1. The minimum atomic E-state index is -1.04. The zero-order valence-electron chi connectivity index (χ0n) is 7.79. The summed E-state index contributed by atoms with van der Waals surface area (Å²) in [5.74, 6) is -1.54. The van der Waals surface area contributed by atoms with E-state index in [0.717, 1.165) is 0 Å². The molecule has 1 aromatic rings. The molecule has 0 bridgehead atoms. The van der Waals surface area contributed by atoms with E-state index in [1.165, 1.54) is 19.2 Å². The van der Waals surface area contributed by atoms with Crippen molar-refractivity contribution in [2.24, 2.45) is 0 Å². The van der Waals surface area contributed by atoms with E-state index in [4.69, 9.17) is 9.84 Å². The summed E-state index contributed by atoms with van der Waals surface area (Å²) in [5.41, 5.74) is 0.886. The molecule has 3 nitrogen and oxygen atoms in total. The Morgan fingerprint density at radius 3 is 2.79 bits per heavy atom. The van der Waals surface area contributed by atoms with Gasteiger partial charge in [0.1, 0.15) is 5.82 Å². The Morgan fingerprint density at radius 2 is 2.29 bits per heavy atom. The smallest absolute Gasteiger partial charge is 0.307 e. The number of benzene rings is 1. The highest BCUT2D eigenvalue weighted by atomic mass is 19.1.